The van der Waals surface area contributed by atoms with Crippen molar-refractivity contribution in [3.8, 4) is 5.75 Å². The Morgan fingerprint density at radius 3 is 2.48 bits per heavy atom. The molecule has 0 saturated carbocycles. The van der Waals surface area contributed by atoms with Gasteiger partial charge < -0.3 is 19.9 Å². The number of rotatable bonds is 9. The molecule has 0 atom stereocenters. The largest absolute Gasteiger partial charge is 0.489 e. The Bertz CT molecular complexity index is 983. The number of carbonyl (C=O) groups excluding carboxylic acids is 2. The van der Waals surface area contributed by atoms with Crippen LogP contribution in [-0.2, 0) is 20.9 Å². The van der Waals surface area contributed by atoms with Crippen molar-refractivity contribution in [2.75, 3.05) is 26.2 Å². The number of ether oxygens (including phenoxy) is 3. The Labute approximate surface area is 207 Å². The van der Waals surface area contributed by atoms with Crippen molar-refractivity contribution in [2.24, 2.45) is 5.73 Å². The Kier molecular flexibility index (Phi) is 9.55. The smallest absolute Gasteiger partial charge is 0.404 e. The lowest BCUT2D eigenvalue weighted by atomic mass is 10.1. The number of benzene rings is 2. The summed E-state index contributed by atoms with van der Waals surface area (Å²) in [4.78, 5) is 26.3. The van der Waals surface area contributed by atoms with Crippen LogP contribution in [0.2, 0.25) is 10.0 Å². The molecule has 2 N–H and O–H groups in total. The van der Waals surface area contributed by atoms with Gasteiger partial charge in [0.25, 0.3) is 0 Å². The molecule has 7 nitrogen and oxygen atoms in total. The maximum atomic E-state index is 11.7. The van der Waals surface area contributed by atoms with Crippen LogP contribution in [0, 0.1) is 0 Å². The zero-order valence-electron chi connectivity index (χ0n) is 18.2. The number of esters is 1. The lowest BCUT2D eigenvalue weighted by Crippen LogP contribution is -2.41. The molecule has 178 valence electrons. The number of hydrogen-bond acceptors (Lipinski definition) is 7. The second-order valence-corrected chi connectivity index (χ2v) is 9.25. The van der Waals surface area contributed by atoms with Gasteiger partial charge in [-0.25, -0.2) is 4.79 Å². The van der Waals surface area contributed by atoms with E-state index < -0.39 is 6.09 Å². The van der Waals surface area contributed by atoms with E-state index >= 15 is 0 Å². The fourth-order valence-electron chi connectivity index (χ4n) is 3.42. The molecule has 1 fully saturated rings. The van der Waals surface area contributed by atoms with Crippen molar-refractivity contribution in [3.63, 3.8) is 0 Å². The molecule has 0 unspecified atom stereocenters. The van der Waals surface area contributed by atoms with Crippen LogP contribution in [0.1, 0.15) is 25.3 Å². The molecule has 0 radical (unpaired) electrons. The third-order valence-electron chi connectivity index (χ3n) is 5.05. The lowest BCUT2D eigenvalue weighted by molar-refractivity contribution is -0.144. The number of primary amides is 1. The first-order valence-electron chi connectivity index (χ1n) is 10.6. The van der Waals surface area contributed by atoms with Crippen molar-refractivity contribution in [1.82, 2.24) is 4.90 Å². The van der Waals surface area contributed by atoms with Gasteiger partial charge in [-0.3, -0.25) is 9.69 Å². The van der Waals surface area contributed by atoms with Gasteiger partial charge in [0.15, 0.2) is 0 Å². The second kappa shape index (κ2) is 12.4. The second-order valence-electron chi connectivity index (χ2n) is 7.41. The van der Waals surface area contributed by atoms with E-state index in [1.165, 1.54) is 11.8 Å². The number of carbonyl (C=O) groups is 2. The number of para-hydroxylation sites is 1. The quantitative estimate of drug-likeness (QED) is 0.464. The molecule has 1 saturated heterocycles. The number of nitrogens with two attached hydrogens (primary N) is 1. The highest BCUT2D eigenvalue weighted by Crippen LogP contribution is 2.42. The average Bonchev–Trinajstić information content (AvgIpc) is 2.79. The molecule has 1 aliphatic heterocycles. The van der Waals surface area contributed by atoms with Gasteiger partial charge in [0.05, 0.1) is 28.1 Å². The summed E-state index contributed by atoms with van der Waals surface area (Å²) in [5, 5.41) is 0.685. The Morgan fingerprint density at radius 2 is 1.79 bits per heavy atom. The molecule has 1 heterocycles. The SMILES string of the molecule is CCOC(=O)CN1CCC(Oc2ccccc2Sc2ccc(COC(N)=O)c(Cl)c2Cl)CC1. The minimum atomic E-state index is -0.876. The molecule has 2 aromatic rings. The Hall–Kier alpha value is -2.13. The third-order valence-corrected chi connectivity index (χ3v) is 7.20. The molecule has 3 rings (SSSR count). The lowest BCUT2D eigenvalue weighted by Gasteiger charge is -2.31. The maximum absolute atomic E-state index is 11.7. The fourth-order valence-corrected chi connectivity index (χ4v) is 4.92. The first kappa shape index (κ1) is 25.5. The summed E-state index contributed by atoms with van der Waals surface area (Å²) in [5.41, 5.74) is 5.59. The van der Waals surface area contributed by atoms with E-state index in [9.17, 15) is 9.59 Å². The topological polar surface area (TPSA) is 91.1 Å². The first-order valence-corrected chi connectivity index (χ1v) is 12.1. The highest BCUT2D eigenvalue weighted by molar-refractivity contribution is 7.99. The summed E-state index contributed by atoms with van der Waals surface area (Å²) in [5.74, 6) is 0.570. The van der Waals surface area contributed by atoms with Crippen molar-refractivity contribution in [1.29, 1.82) is 0 Å². The van der Waals surface area contributed by atoms with E-state index in [2.05, 4.69) is 4.90 Å². The molecule has 0 bridgehead atoms. The minimum absolute atomic E-state index is 0.0482. The zero-order chi connectivity index (χ0) is 23.8. The van der Waals surface area contributed by atoms with Crippen LogP contribution in [0.25, 0.3) is 0 Å². The predicted octanol–water partition coefficient (Wildman–Crippen LogP) is 5.15. The van der Waals surface area contributed by atoms with Crippen LogP contribution >= 0.6 is 35.0 Å². The fraction of sp³-hybridized carbons (Fsp3) is 0.391. The van der Waals surface area contributed by atoms with E-state index in [-0.39, 0.29) is 18.7 Å². The molecule has 1 amide bonds. The summed E-state index contributed by atoms with van der Waals surface area (Å²) < 4.78 is 16.1. The molecule has 2 aromatic carbocycles. The Morgan fingerprint density at radius 1 is 1.06 bits per heavy atom. The van der Waals surface area contributed by atoms with Gasteiger partial charge in [-0.15, -0.1) is 0 Å². The number of hydrogen-bond donors (Lipinski definition) is 1. The predicted molar refractivity (Wildman–Crippen MR) is 128 cm³/mol. The molecule has 0 aromatic heterocycles. The number of amides is 1. The summed E-state index contributed by atoms with van der Waals surface area (Å²) in [6.07, 6.45) is 0.815. The van der Waals surface area contributed by atoms with E-state index in [1.54, 1.807) is 13.0 Å². The van der Waals surface area contributed by atoms with E-state index in [4.69, 9.17) is 43.1 Å². The van der Waals surface area contributed by atoms with Gasteiger partial charge in [-0.2, -0.15) is 0 Å². The van der Waals surface area contributed by atoms with Crippen LogP contribution < -0.4 is 10.5 Å². The normalized spacial score (nSPS) is 14.6. The molecule has 0 spiro atoms. The maximum Gasteiger partial charge on any atom is 0.404 e. The van der Waals surface area contributed by atoms with Crippen molar-refractivity contribution in [2.45, 2.75) is 42.3 Å². The highest BCUT2D eigenvalue weighted by Gasteiger charge is 2.23. The van der Waals surface area contributed by atoms with Crippen molar-refractivity contribution in [3.05, 3.63) is 52.0 Å². The van der Waals surface area contributed by atoms with Gasteiger partial charge in [0, 0.05) is 23.5 Å². The molecule has 1 aliphatic rings. The zero-order valence-corrected chi connectivity index (χ0v) is 20.5. The molecule has 0 aliphatic carbocycles. The van der Waals surface area contributed by atoms with Gasteiger partial charge in [-0.1, -0.05) is 53.2 Å². The minimum Gasteiger partial charge on any atom is -0.489 e. The van der Waals surface area contributed by atoms with Crippen molar-refractivity contribution < 1.29 is 23.8 Å². The van der Waals surface area contributed by atoms with Gasteiger partial charge in [0.1, 0.15) is 18.5 Å². The van der Waals surface area contributed by atoms with Gasteiger partial charge >= 0.3 is 12.1 Å². The van der Waals surface area contributed by atoms with Crippen LogP contribution in [-0.4, -0.2) is 49.3 Å². The van der Waals surface area contributed by atoms with Crippen LogP contribution in [0.4, 0.5) is 4.79 Å². The number of piperidine rings is 1. The summed E-state index contributed by atoms with van der Waals surface area (Å²) in [6.45, 7) is 4.01. The van der Waals surface area contributed by atoms with Gasteiger partial charge in [0.2, 0.25) is 0 Å². The van der Waals surface area contributed by atoms with E-state index in [0.29, 0.717) is 28.8 Å². The number of likely N-dealkylation sites (tertiary alicyclic amines) is 1. The number of nitrogens with zero attached hydrogens (tertiary/aromatic N) is 1. The van der Waals surface area contributed by atoms with Crippen LogP contribution in [0.3, 0.4) is 0 Å². The molecule has 33 heavy (non-hydrogen) atoms. The molecular formula is C23H26Cl2N2O5S. The summed E-state index contributed by atoms with van der Waals surface area (Å²) in [7, 11) is 0. The highest BCUT2D eigenvalue weighted by atomic mass is 35.5. The summed E-state index contributed by atoms with van der Waals surface area (Å²) in [6, 6.07) is 11.3. The standard InChI is InChI=1S/C23H26Cl2N2O5S/c1-2-30-20(28)13-27-11-9-16(10-12-27)32-17-5-3-4-6-18(17)33-19-8-7-15(14-31-23(26)29)21(24)22(19)25/h3-8,16H,2,9-14H2,1H3,(H2,26,29). The Balaban J connectivity index is 1.63. The van der Waals surface area contributed by atoms with Crippen molar-refractivity contribution >= 4 is 47.0 Å². The number of halogens is 2. The summed E-state index contributed by atoms with van der Waals surface area (Å²) >= 11 is 14.3. The van der Waals surface area contributed by atoms with E-state index in [0.717, 1.165) is 41.5 Å². The monoisotopic (exact) mass is 512 g/mol. The van der Waals surface area contributed by atoms with Crippen LogP contribution in [0.15, 0.2) is 46.2 Å². The molecular weight excluding hydrogens is 487 g/mol. The molecule has 10 heteroatoms. The van der Waals surface area contributed by atoms with Crippen LogP contribution in [0.5, 0.6) is 5.75 Å². The average molecular weight is 513 g/mol. The first-order chi connectivity index (χ1) is 15.9. The van der Waals surface area contributed by atoms with Gasteiger partial charge in [-0.05, 0) is 38.0 Å². The third kappa shape index (κ3) is 7.43. The van der Waals surface area contributed by atoms with E-state index in [1.807, 2.05) is 30.3 Å².